The van der Waals surface area contributed by atoms with Crippen LogP contribution in [-0.2, 0) is 16.6 Å². The molecule has 0 amide bonds. The van der Waals surface area contributed by atoms with Crippen molar-refractivity contribution < 1.29 is 14.6 Å². The average molecular weight is 264 g/mol. The molecular weight excluding hydrogens is 240 g/mol. The lowest BCUT2D eigenvalue weighted by atomic mass is 9.83. The van der Waals surface area contributed by atoms with Gasteiger partial charge in [0.1, 0.15) is 5.75 Å². The Bertz CT molecular complexity index is 470. The minimum atomic E-state index is -0.777. The van der Waals surface area contributed by atoms with Gasteiger partial charge in [-0.05, 0) is 24.3 Å². The van der Waals surface area contributed by atoms with Gasteiger partial charge in [-0.3, -0.25) is 4.79 Å². The fourth-order valence-corrected chi connectivity index (χ4v) is 2.22. The number of hydrogen-bond acceptors (Lipinski definition) is 2. The maximum Gasteiger partial charge on any atom is 0.306 e. The number of aryl methyl sites for hydroxylation is 1. The smallest absolute Gasteiger partial charge is 0.306 e. The van der Waals surface area contributed by atoms with Crippen LogP contribution in [-0.4, -0.2) is 18.2 Å². The van der Waals surface area contributed by atoms with Crippen molar-refractivity contribution in [2.45, 2.75) is 46.5 Å². The highest BCUT2D eigenvalue weighted by Gasteiger charge is 2.23. The third kappa shape index (κ3) is 3.72. The first-order valence-electron chi connectivity index (χ1n) is 6.57. The van der Waals surface area contributed by atoms with E-state index >= 15 is 0 Å². The molecule has 1 rings (SSSR count). The molecule has 3 nitrogen and oxygen atoms in total. The first kappa shape index (κ1) is 15.5. The number of carboxylic acids is 1. The highest BCUT2D eigenvalue weighted by atomic mass is 16.5. The number of methoxy groups -OCH3 is 1. The van der Waals surface area contributed by atoms with Crippen molar-refractivity contribution in [3.05, 3.63) is 28.8 Å². The number of ether oxygens (including phenoxy) is 1. The van der Waals surface area contributed by atoms with E-state index < -0.39 is 11.9 Å². The SMILES string of the molecule is COc1c(CC(C)C(=O)O)cc(C)cc1C(C)(C)C. The van der Waals surface area contributed by atoms with Gasteiger partial charge in [0.05, 0.1) is 13.0 Å². The second kappa shape index (κ2) is 5.64. The number of carboxylic acid groups (broad SMARTS) is 1. The first-order valence-corrected chi connectivity index (χ1v) is 6.57. The van der Waals surface area contributed by atoms with Crippen molar-refractivity contribution in [1.29, 1.82) is 0 Å². The predicted octanol–water partition coefficient (Wildman–Crippen LogP) is 3.56. The fraction of sp³-hybridized carbons (Fsp3) is 0.562. The minimum absolute atomic E-state index is 0.0292. The van der Waals surface area contributed by atoms with Crippen LogP contribution in [0.4, 0.5) is 0 Å². The summed E-state index contributed by atoms with van der Waals surface area (Å²) in [4.78, 5) is 11.0. The Hall–Kier alpha value is -1.51. The molecule has 0 fully saturated rings. The van der Waals surface area contributed by atoms with Gasteiger partial charge < -0.3 is 9.84 Å². The van der Waals surface area contributed by atoms with E-state index in [1.807, 2.05) is 13.0 Å². The van der Waals surface area contributed by atoms with Crippen LogP contribution < -0.4 is 4.74 Å². The molecule has 0 radical (unpaired) electrons. The number of rotatable bonds is 4. The summed E-state index contributed by atoms with van der Waals surface area (Å²) in [7, 11) is 1.65. The normalized spacial score (nSPS) is 13.2. The number of hydrogen-bond donors (Lipinski definition) is 1. The molecule has 1 aromatic carbocycles. The Balaban J connectivity index is 3.31. The monoisotopic (exact) mass is 264 g/mol. The highest BCUT2D eigenvalue weighted by molar-refractivity contribution is 5.70. The van der Waals surface area contributed by atoms with E-state index in [9.17, 15) is 4.79 Å². The number of carbonyl (C=O) groups is 1. The molecule has 0 aliphatic carbocycles. The van der Waals surface area contributed by atoms with Crippen molar-refractivity contribution in [1.82, 2.24) is 0 Å². The van der Waals surface area contributed by atoms with Crippen LogP contribution in [0.1, 0.15) is 44.4 Å². The van der Waals surface area contributed by atoms with E-state index in [0.717, 1.165) is 22.4 Å². The zero-order chi connectivity index (χ0) is 14.8. The summed E-state index contributed by atoms with van der Waals surface area (Å²) in [5.74, 6) is -0.365. The average Bonchev–Trinajstić information content (AvgIpc) is 2.26. The number of benzene rings is 1. The van der Waals surface area contributed by atoms with Gasteiger partial charge in [-0.1, -0.05) is 45.4 Å². The molecule has 19 heavy (non-hydrogen) atoms. The van der Waals surface area contributed by atoms with Crippen LogP contribution in [0, 0.1) is 12.8 Å². The lowest BCUT2D eigenvalue weighted by Gasteiger charge is -2.25. The third-order valence-electron chi connectivity index (χ3n) is 3.27. The van der Waals surface area contributed by atoms with E-state index in [0.29, 0.717) is 6.42 Å². The van der Waals surface area contributed by atoms with Gasteiger partial charge in [-0.25, -0.2) is 0 Å². The largest absolute Gasteiger partial charge is 0.496 e. The maximum atomic E-state index is 11.0. The Morgan fingerprint density at radius 1 is 1.37 bits per heavy atom. The molecule has 0 aliphatic rings. The fourth-order valence-electron chi connectivity index (χ4n) is 2.22. The van der Waals surface area contributed by atoms with Crippen LogP contribution >= 0.6 is 0 Å². The zero-order valence-corrected chi connectivity index (χ0v) is 12.7. The summed E-state index contributed by atoms with van der Waals surface area (Å²) in [6, 6.07) is 4.14. The minimum Gasteiger partial charge on any atom is -0.496 e. The van der Waals surface area contributed by atoms with Gasteiger partial charge in [-0.2, -0.15) is 0 Å². The second-order valence-corrected chi connectivity index (χ2v) is 6.20. The van der Waals surface area contributed by atoms with Gasteiger partial charge >= 0.3 is 5.97 Å². The number of aliphatic carboxylic acids is 1. The van der Waals surface area contributed by atoms with E-state index in [1.54, 1.807) is 14.0 Å². The summed E-state index contributed by atoms with van der Waals surface area (Å²) in [6.07, 6.45) is 0.489. The summed E-state index contributed by atoms with van der Waals surface area (Å²) in [5.41, 5.74) is 3.21. The molecule has 0 aromatic heterocycles. The Labute approximate surface area is 115 Å². The molecule has 106 valence electrons. The topological polar surface area (TPSA) is 46.5 Å². The molecule has 1 N–H and O–H groups in total. The molecule has 1 aromatic rings. The summed E-state index contributed by atoms with van der Waals surface area (Å²) >= 11 is 0. The van der Waals surface area contributed by atoms with Crippen LogP contribution in [0.25, 0.3) is 0 Å². The van der Waals surface area contributed by atoms with Gasteiger partial charge in [0.15, 0.2) is 0 Å². The van der Waals surface area contributed by atoms with Crippen molar-refractivity contribution in [3.8, 4) is 5.75 Å². The third-order valence-corrected chi connectivity index (χ3v) is 3.27. The molecule has 0 saturated heterocycles. The van der Waals surface area contributed by atoms with Crippen molar-refractivity contribution >= 4 is 5.97 Å². The Morgan fingerprint density at radius 3 is 2.37 bits per heavy atom. The van der Waals surface area contributed by atoms with Crippen molar-refractivity contribution in [2.24, 2.45) is 5.92 Å². The van der Waals surface area contributed by atoms with Gasteiger partial charge in [0.2, 0.25) is 0 Å². The van der Waals surface area contributed by atoms with E-state index in [2.05, 4.69) is 26.8 Å². The molecule has 3 heteroatoms. The predicted molar refractivity (Wildman–Crippen MR) is 76.9 cm³/mol. The van der Waals surface area contributed by atoms with Crippen LogP contribution in [0.15, 0.2) is 12.1 Å². The van der Waals surface area contributed by atoms with Crippen molar-refractivity contribution in [2.75, 3.05) is 7.11 Å². The second-order valence-electron chi connectivity index (χ2n) is 6.20. The van der Waals surface area contributed by atoms with Gasteiger partial charge in [0.25, 0.3) is 0 Å². The van der Waals surface area contributed by atoms with Gasteiger partial charge in [-0.15, -0.1) is 0 Å². The Kier molecular flexibility index (Phi) is 4.61. The Morgan fingerprint density at radius 2 is 1.95 bits per heavy atom. The summed E-state index contributed by atoms with van der Waals surface area (Å²) < 4.78 is 5.55. The van der Waals surface area contributed by atoms with Crippen LogP contribution in [0.3, 0.4) is 0 Å². The lowest BCUT2D eigenvalue weighted by Crippen LogP contribution is -2.17. The van der Waals surface area contributed by atoms with E-state index in [-0.39, 0.29) is 5.41 Å². The van der Waals surface area contributed by atoms with E-state index in [4.69, 9.17) is 9.84 Å². The van der Waals surface area contributed by atoms with Crippen molar-refractivity contribution in [3.63, 3.8) is 0 Å². The maximum absolute atomic E-state index is 11.0. The molecule has 1 atom stereocenters. The lowest BCUT2D eigenvalue weighted by molar-refractivity contribution is -0.141. The molecular formula is C16H24O3. The zero-order valence-electron chi connectivity index (χ0n) is 12.7. The summed E-state index contributed by atoms with van der Waals surface area (Å²) in [5, 5.41) is 9.06. The van der Waals surface area contributed by atoms with Crippen LogP contribution in [0.2, 0.25) is 0 Å². The van der Waals surface area contributed by atoms with E-state index in [1.165, 1.54) is 0 Å². The standard InChI is InChI=1S/C16H24O3/c1-10-7-12(9-11(2)15(17)18)14(19-6)13(8-10)16(3,4)5/h7-8,11H,9H2,1-6H3,(H,17,18). The highest BCUT2D eigenvalue weighted by Crippen LogP contribution is 2.36. The summed E-state index contributed by atoms with van der Waals surface area (Å²) in [6.45, 7) is 10.2. The first-order chi connectivity index (χ1) is 8.66. The molecule has 0 spiro atoms. The van der Waals surface area contributed by atoms with Crippen LogP contribution in [0.5, 0.6) is 5.75 Å². The molecule has 0 saturated carbocycles. The molecule has 0 heterocycles. The molecule has 0 aliphatic heterocycles. The molecule has 0 bridgehead atoms. The van der Waals surface area contributed by atoms with Gasteiger partial charge in [0, 0.05) is 5.56 Å². The molecule has 1 unspecified atom stereocenters. The quantitative estimate of drug-likeness (QED) is 0.904.